The minimum Gasteiger partial charge on any atom is -0.464 e. The first-order chi connectivity index (χ1) is 9.52. The fourth-order valence-electron chi connectivity index (χ4n) is 3.11. The number of furan rings is 1. The molecule has 0 aromatic carbocycles. The zero-order valence-corrected chi connectivity index (χ0v) is 12.8. The highest BCUT2D eigenvalue weighted by molar-refractivity contribution is 5.79. The fourth-order valence-corrected chi connectivity index (χ4v) is 3.11. The van der Waals surface area contributed by atoms with Crippen molar-refractivity contribution in [3.63, 3.8) is 0 Å². The third-order valence-electron chi connectivity index (χ3n) is 4.31. The van der Waals surface area contributed by atoms with Crippen LogP contribution in [0.3, 0.4) is 0 Å². The Labute approximate surface area is 121 Å². The normalized spacial score (nSPS) is 22.4. The first kappa shape index (κ1) is 15.1. The van der Waals surface area contributed by atoms with Crippen molar-refractivity contribution >= 4 is 5.91 Å². The molecule has 112 valence electrons. The molecule has 4 heteroatoms. The smallest absolute Gasteiger partial charge is 0.226 e. The molecular formula is C16H26N2O2. The summed E-state index contributed by atoms with van der Waals surface area (Å²) in [5, 5.41) is 0. The van der Waals surface area contributed by atoms with Crippen LogP contribution in [0.5, 0.6) is 0 Å². The van der Waals surface area contributed by atoms with Crippen molar-refractivity contribution in [1.29, 1.82) is 0 Å². The van der Waals surface area contributed by atoms with E-state index in [1.807, 2.05) is 24.0 Å². The number of aryl methyl sites for hydroxylation is 1. The Morgan fingerprint density at radius 1 is 1.45 bits per heavy atom. The Hall–Kier alpha value is -1.29. The zero-order valence-electron chi connectivity index (χ0n) is 12.8. The third kappa shape index (κ3) is 3.23. The largest absolute Gasteiger partial charge is 0.464 e. The van der Waals surface area contributed by atoms with Gasteiger partial charge in [0.2, 0.25) is 5.91 Å². The number of nitrogens with two attached hydrogens (primary N) is 1. The fraction of sp³-hybridized carbons (Fsp3) is 0.688. The van der Waals surface area contributed by atoms with E-state index in [2.05, 4.69) is 13.8 Å². The molecular weight excluding hydrogens is 252 g/mol. The average Bonchev–Trinajstić information content (AvgIpc) is 3.03. The lowest BCUT2D eigenvalue weighted by Gasteiger charge is -2.30. The summed E-state index contributed by atoms with van der Waals surface area (Å²) in [6.07, 6.45) is 3.17. The summed E-state index contributed by atoms with van der Waals surface area (Å²) >= 11 is 0. The average molecular weight is 278 g/mol. The van der Waals surface area contributed by atoms with Crippen molar-refractivity contribution in [2.45, 2.75) is 52.6 Å². The van der Waals surface area contributed by atoms with Gasteiger partial charge in [-0.05, 0) is 58.2 Å². The van der Waals surface area contributed by atoms with Gasteiger partial charge in [0, 0.05) is 12.0 Å². The minimum absolute atomic E-state index is 0.0958. The molecule has 4 nitrogen and oxygen atoms in total. The van der Waals surface area contributed by atoms with E-state index in [-0.39, 0.29) is 17.9 Å². The maximum atomic E-state index is 12.8. The predicted octanol–water partition coefficient (Wildman–Crippen LogP) is 2.70. The van der Waals surface area contributed by atoms with Crippen molar-refractivity contribution in [3.05, 3.63) is 23.7 Å². The lowest BCUT2D eigenvalue weighted by molar-refractivity contribution is -0.139. The topological polar surface area (TPSA) is 59.5 Å². The molecule has 0 spiro atoms. The summed E-state index contributed by atoms with van der Waals surface area (Å²) in [7, 11) is 0. The first-order valence-electron chi connectivity index (χ1n) is 7.58. The van der Waals surface area contributed by atoms with Crippen LogP contribution in [0, 0.1) is 18.8 Å². The maximum Gasteiger partial charge on any atom is 0.226 e. The van der Waals surface area contributed by atoms with Crippen molar-refractivity contribution in [2.24, 2.45) is 17.6 Å². The summed E-state index contributed by atoms with van der Waals surface area (Å²) in [5.41, 5.74) is 5.80. The Morgan fingerprint density at radius 2 is 2.20 bits per heavy atom. The van der Waals surface area contributed by atoms with E-state index in [4.69, 9.17) is 10.2 Å². The Kier molecular flexibility index (Phi) is 4.86. The number of nitrogens with zero attached hydrogens (tertiary/aromatic N) is 1. The van der Waals surface area contributed by atoms with Crippen LogP contribution < -0.4 is 5.73 Å². The Balaban J connectivity index is 2.09. The number of hydrogen-bond donors (Lipinski definition) is 1. The monoisotopic (exact) mass is 278 g/mol. The quantitative estimate of drug-likeness (QED) is 0.901. The molecule has 1 saturated carbocycles. The second-order valence-electron chi connectivity index (χ2n) is 6.11. The van der Waals surface area contributed by atoms with Gasteiger partial charge in [-0.15, -0.1) is 0 Å². The molecule has 1 aliphatic rings. The zero-order chi connectivity index (χ0) is 14.7. The molecule has 20 heavy (non-hydrogen) atoms. The van der Waals surface area contributed by atoms with Crippen LogP contribution in [0.1, 0.15) is 44.6 Å². The third-order valence-corrected chi connectivity index (χ3v) is 4.31. The molecule has 2 unspecified atom stereocenters. The van der Waals surface area contributed by atoms with Crippen LogP contribution in [-0.2, 0) is 11.3 Å². The number of hydrogen-bond acceptors (Lipinski definition) is 3. The molecule has 2 rings (SSSR count). The molecule has 0 saturated heterocycles. The molecule has 0 bridgehead atoms. The van der Waals surface area contributed by atoms with E-state index in [9.17, 15) is 4.79 Å². The molecule has 1 aliphatic carbocycles. The molecule has 0 radical (unpaired) electrons. The van der Waals surface area contributed by atoms with Gasteiger partial charge < -0.3 is 15.1 Å². The predicted molar refractivity (Wildman–Crippen MR) is 79.0 cm³/mol. The summed E-state index contributed by atoms with van der Waals surface area (Å²) in [6.45, 7) is 7.20. The van der Waals surface area contributed by atoms with E-state index in [0.717, 1.165) is 30.8 Å². The van der Waals surface area contributed by atoms with Gasteiger partial charge in [0.15, 0.2) is 0 Å². The SMILES string of the molecule is Cc1ccc(CN(C(=O)C2CCCC2CN)C(C)C)o1. The van der Waals surface area contributed by atoms with Crippen molar-refractivity contribution in [2.75, 3.05) is 6.54 Å². The van der Waals surface area contributed by atoms with Crippen LogP contribution in [0.25, 0.3) is 0 Å². The van der Waals surface area contributed by atoms with Crippen molar-refractivity contribution in [1.82, 2.24) is 4.90 Å². The van der Waals surface area contributed by atoms with E-state index in [0.29, 0.717) is 19.0 Å². The van der Waals surface area contributed by atoms with Gasteiger partial charge in [-0.2, -0.15) is 0 Å². The molecule has 2 atom stereocenters. The maximum absolute atomic E-state index is 12.8. The molecule has 1 fully saturated rings. The Bertz CT molecular complexity index is 453. The lowest BCUT2D eigenvalue weighted by Crippen LogP contribution is -2.42. The minimum atomic E-state index is 0.0958. The van der Waals surface area contributed by atoms with Crippen LogP contribution in [0.4, 0.5) is 0 Å². The van der Waals surface area contributed by atoms with Crippen molar-refractivity contribution in [3.8, 4) is 0 Å². The summed E-state index contributed by atoms with van der Waals surface area (Å²) in [5.74, 6) is 2.42. The Morgan fingerprint density at radius 3 is 2.75 bits per heavy atom. The van der Waals surface area contributed by atoms with Gasteiger partial charge >= 0.3 is 0 Å². The van der Waals surface area contributed by atoms with E-state index >= 15 is 0 Å². The van der Waals surface area contributed by atoms with Gasteiger partial charge in [-0.25, -0.2) is 0 Å². The summed E-state index contributed by atoms with van der Waals surface area (Å²) in [4.78, 5) is 14.7. The van der Waals surface area contributed by atoms with Crippen molar-refractivity contribution < 1.29 is 9.21 Å². The lowest BCUT2D eigenvalue weighted by atomic mass is 9.94. The van der Waals surface area contributed by atoms with E-state index < -0.39 is 0 Å². The summed E-state index contributed by atoms with van der Waals surface area (Å²) in [6, 6.07) is 4.07. The first-order valence-corrected chi connectivity index (χ1v) is 7.58. The van der Waals surface area contributed by atoms with Crippen LogP contribution in [0.2, 0.25) is 0 Å². The summed E-state index contributed by atoms with van der Waals surface area (Å²) < 4.78 is 5.61. The standard InChI is InChI=1S/C16H26N2O2/c1-11(2)18(10-14-8-7-12(3)20-14)16(19)15-6-4-5-13(15)9-17/h7-8,11,13,15H,4-6,9-10,17H2,1-3H3. The van der Waals surface area contributed by atoms with Crippen LogP contribution in [-0.4, -0.2) is 23.4 Å². The number of carbonyl (C=O) groups excluding carboxylic acids is 1. The molecule has 0 aliphatic heterocycles. The highest BCUT2D eigenvalue weighted by Crippen LogP contribution is 2.33. The van der Waals surface area contributed by atoms with E-state index in [1.54, 1.807) is 0 Å². The van der Waals surface area contributed by atoms with Crippen LogP contribution in [0.15, 0.2) is 16.5 Å². The number of amides is 1. The highest BCUT2D eigenvalue weighted by atomic mass is 16.3. The molecule has 1 amide bonds. The molecule has 1 aromatic heterocycles. The second kappa shape index (κ2) is 6.44. The van der Waals surface area contributed by atoms with E-state index in [1.165, 1.54) is 0 Å². The number of rotatable bonds is 5. The molecule has 1 heterocycles. The van der Waals surface area contributed by atoms with Crippen LogP contribution >= 0.6 is 0 Å². The second-order valence-corrected chi connectivity index (χ2v) is 6.11. The van der Waals surface area contributed by atoms with Gasteiger partial charge in [-0.3, -0.25) is 4.79 Å². The number of carbonyl (C=O) groups is 1. The molecule has 1 aromatic rings. The van der Waals surface area contributed by atoms with Gasteiger partial charge in [0.25, 0.3) is 0 Å². The van der Waals surface area contributed by atoms with Gasteiger partial charge in [0.1, 0.15) is 11.5 Å². The highest BCUT2D eigenvalue weighted by Gasteiger charge is 2.35. The van der Waals surface area contributed by atoms with Gasteiger partial charge in [0.05, 0.1) is 6.54 Å². The molecule has 2 N–H and O–H groups in total. The van der Waals surface area contributed by atoms with Gasteiger partial charge in [-0.1, -0.05) is 6.42 Å².